The van der Waals surface area contributed by atoms with Gasteiger partial charge >= 0.3 is 0 Å². The fraction of sp³-hybridized carbons (Fsp3) is 0.455. The topological polar surface area (TPSA) is 64.4 Å². The highest BCUT2D eigenvalue weighted by atomic mass is 19.1. The molecule has 0 radical (unpaired) electrons. The van der Waals surface area contributed by atoms with Crippen LogP contribution in [0, 0.1) is 21.7 Å². The summed E-state index contributed by atoms with van der Waals surface area (Å²) < 4.78 is 32.1. The Bertz CT molecular complexity index is 452. The zero-order chi connectivity index (χ0) is 13.3. The number of non-ortho nitro benzene ring substituents is 1. The molecular weight excluding hydrogens is 246 g/mol. The Kier molecular flexibility index (Phi) is 3.42. The lowest BCUT2D eigenvalue weighted by Gasteiger charge is -2.35. The molecule has 0 aliphatic heterocycles. The van der Waals surface area contributed by atoms with Crippen molar-refractivity contribution in [3.63, 3.8) is 0 Å². The van der Waals surface area contributed by atoms with Gasteiger partial charge < -0.3 is 10.1 Å². The summed E-state index contributed by atoms with van der Waals surface area (Å²) >= 11 is 0. The number of nitro benzene ring substituents is 1. The zero-order valence-corrected chi connectivity index (χ0v) is 9.65. The van der Waals surface area contributed by atoms with Gasteiger partial charge in [0.25, 0.3) is 5.69 Å². The van der Waals surface area contributed by atoms with Crippen LogP contribution in [0.3, 0.4) is 0 Å². The lowest BCUT2D eigenvalue weighted by atomic mass is 9.89. The van der Waals surface area contributed by atoms with Crippen molar-refractivity contribution < 1.29 is 18.4 Å². The summed E-state index contributed by atoms with van der Waals surface area (Å²) in [6.45, 7) is 0. The minimum Gasteiger partial charge on any atom is -0.381 e. The number of nitrogens with zero attached hydrogens (tertiary/aromatic N) is 1. The third-order valence-electron chi connectivity index (χ3n) is 3.01. The van der Waals surface area contributed by atoms with E-state index in [1.807, 2.05) is 0 Å². The summed E-state index contributed by atoms with van der Waals surface area (Å²) in [5, 5.41) is 13.1. The Hall–Kier alpha value is -1.76. The molecule has 18 heavy (non-hydrogen) atoms. The molecule has 1 aromatic rings. The van der Waals surface area contributed by atoms with Gasteiger partial charge in [-0.05, 0) is 12.8 Å². The molecule has 98 valence electrons. The third-order valence-corrected chi connectivity index (χ3v) is 3.01. The number of nitrogens with one attached hydrogen (secondary N) is 1. The second-order valence-corrected chi connectivity index (χ2v) is 4.21. The van der Waals surface area contributed by atoms with Crippen molar-refractivity contribution in [3.8, 4) is 0 Å². The number of anilines is 1. The van der Waals surface area contributed by atoms with E-state index >= 15 is 0 Å². The largest absolute Gasteiger partial charge is 0.381 e. The van der Waals surface area contributed by atoms with Gasteiger partial charge in [-0.25, -0.2) is 8.78 Å². The summed E-state index contributed by atoms with van der Waals surface area (Å²) in [6, 6.07) is 1.34. The minimum atomic E-state index is -0.956. The summed E-state index contributed by atoms with van der Waals surface area (Å²) in [5.74, 6) is -1.91. The van der Waals surface area contributed by atoms with Crippen LogP contribution in [0.15, 0.2) is 12.1 Å². The van der Waals surface area contributed by atoms with Gasteiger partial charge in [0, 0.05) is 13.2 Å². The van der Waals surface area contributed by atoms with Crippen LogP contribution >= 0.6 is 0 Å². The summed E-state index contributed by atoms with van der Waals surface area (Å²) in [5.41, 5.74) is -0.918. The fourth-order valence-electron chi connectivity index (χ4n) is 1.88. The first-order valence-electron chi connectivity index (χ1n) is 5.44. The van der Waals surface area contributed by atoms with Crippen LogP contribution in [0.2, 0.25) is 0 Å². The normalized spacial score (nSPS) is 22.4. The lowest BCUT2D eigenvalue weighted by Crippen LogP contribution is -2.40. The second kappa shape index (κ2) is 4.85. The SMILES string of the molecule is COC1CC(Nc2c(F)cc([N+](=O)[O-])cc2F)C1. The molecule has 1 N–H and O–H groups in total. The maximum absolute atomic E-state index is 13.5. The van der Waals surface area contributed by atoms with Gasteiger partial charge in [-0.1, -0.05) is 0 Å². The number of methoxy groups -OCH3 is 1. The van der Waals surface area contributed by atoms with Crippen molar-refractivity contribution in [1.29, 1.82) is 0 Å². The van der Waals surface area contributed by atoms with Crippen molar-refractivity contribution >= 4 is 11.4 Å². The molecule has 2 rings (SSSR count). The van der Waals surface area contributed by atoms with E-state index in [0.29, 0.717) is 25.0 Å². The van der Waals surface area contributed by atoms with Crippen molar-refractivity contribution in [2.24, 2.45) is 0 Å². The number of hydrogen-bond acceptors (Lipinski definition) is 4. The van der Waals surface area contributed by atoms with E-state index < -0.39 is 22.2 Å². The maximum Gasteiger partial charge on any atom is 0.275 e. The molecular formula is C11H12F2N2O3. The molecule has 7 heteroatoms. The molecule has 0 saturated heterocycles. The molecule has 5 nitrogen and oxygen atoms in total. The van der Waals surface area contributed by atoms with Crippen molar-refractivity contribution in [2.75, 3.05) is 12.4 Å². The number of nitro groups is 1. The van der Waals surface area contributed by atoms with E-state index in [1.165, 1.54) is 0 Å². The van der Waals surface area contributed by atoms with Gasteiger partial charge in [0.15, 0.2) is 11.6 Å². The average molecular weight is 258 g/mol. The van der Waals surface area contributed by atoms with Gasteiger partial charge in [-0.3, -0.25) is 10.1 Å². The smallest absolute Gasteiger partial charge is 0.275 e. The van der Waals surface area contributed by atoms with Crippen LogP contribution in [0.5, 0.6) is 0 Å². The molecule has 1 saturated carbocycles. The van der Waals surface area contributed by atoms with Crippen molar-refractivity contribution in [1.82, 2.24) is 0 Å². The Morgan fingerprint density at radius 2 is 1.94 bits per heavy atom. The van der Waals surface area contributed by atoms with Gasteiger partial charge in [0.1, 0.15) is 5.69 Å². The first-order chi connectivity index (χ1) is 8.51. The summed E-state index contributed by atoms with van der Waals surface area (Å²) in [4.78, 5) is 9.59. The predicted molar refractivity (Wildman–Crippen MR) is 60.5 cm³/mol. The maximum atomic E-state index is 13.5. The Morgan fingerprint density at radius 3 is 2.39 bits per heavy atom. The molecule has 0 bridgehead atoms. The van der Waals surface area contributed by atoms with Crippen molar-refractivity contribution in [2.45, 2.75) is 25.0 Å². The third kappa shape index (κ3) is 2.40. The van der Waals surface area contributed by atoms with E-state index in [1.54, 1.807) is 7.11 Å². The highest BCUT2D eigenvalue weighted by molar-refractivity contribution is 5.52. The molecule has 1 aliphatic carbocycles. The number of hydrogen-bond donors (Lipinski definition) is 1. The van der Waals surface area contributed by atoms with Crippen LogP contribution in [0.1, 0.15) is 12.8 Å². The van der Waals surface area contributed by atoms with E-state index in [9.17, 15) is 18.9 Å². The average Bonchev–Trinajstić information content (AvgIpc) is 2.25. The summed E-state index contributed by atoms with van der Waals surface area (Å²) in [6.07, 6.45) is 1.42. The molecule has 0 aromatic heterocycles. The molecule has 0 amide bonds. The number of halogens is 2. The quantitative estimate of drug-likeness (QED) is 0.665. The van der Waals surface area contributed by atoms with Crippen LogP contribution in [0.4, 0.5) is 20.2 Å². The molecule has 1 aromatic carbocycles. The molecule has 1 fully saturated rings. The number of rotatable bonds is 4. The van der Waals surface area contributed by atoms with Crippen LogP contribution in [-0.4, -0.2) is 24.2 Å². The highest BCUT2D eigenvalue weighted by Gasteiger charge is 2.30. The molecule has 0 atom stereocenters. The Labute approximate surface area is 102 Å². The van der Waals surface area contributed by atoms with E-state index in [4.69, 9.17) is 4.74 Å². The van der Waals surface area contributed by atoms with Gasteiger partial charge in [0.2, 0.25) is 0 Å². The highest BCUT2D eigenvalue weighted by Crippen LogP contribution is 2.30. The minimum absolute atomic E-state index is 0.0691. The fourth-order valence-corrected chi connectivity index (χ4v) is 1.88. The molecule has 1 aliphatic rings. The van der Waals surface area contributed by atoms with Gasteiger partial charge in [-0.2, -0.15) is 0 Å². The van der Waals surface area contributed by atoms with Gasteiger partial charge in [-0.15, -0.1) is 0 Å². The molecule has 0 unspecified atom stereocenters. The first kappa shape index (κ1) is 12.7. The van der Waals surface area contributed by atoms with Crippen LogP contribution < -0.4 is 5.32 Å². The Morgan fingerprint density at radius 1 is 1.39 bits per heavy atom. The van der Waals surface area contributed by atoms with E-state index in [0.717, 1.165) is 0 Å². The van der Waals surface area contributed by atoms with Crippen LogP contribution in [-0.2, 0) is 4.74 Å². The van der Waals surface area contributed by atoms with Gasteiger partial charge in [0.05, 0.1) is 23.2 Å². The zero-order valence-electron chi connectivity index (χ0n) is 9.65. The number of benzene rings is 1. The monoisotopic (exact) mass is 258 g/mol. The van der Waals surface area contributed by atoms with E-state index in [-0.39, 0.29) is 17.8 Å². The van der Waals surface area contributed by atoms with Crippen molar-refractivity contribution in [3.05, 3.63) is 33.9 Å². The first-order valence-corrected chi connectivity index (χ1v) is 5.44. The summed E-state index contributed by atoms with van der Waals surface area (Å²) in [7, 11) is 1.58. The standard InChI is InChI=1S/C11H12F2N2O3/c1-18-8-2-6(3-8)14-11-9(12)4-7(15(16)17)5-10(11)13/h4-6,8,14H,2-3H2,1H3. The molecule has 0 spiro atoms. The predicted octanol–water partition coefficient (Wildman–Crippen LogP) is 2.46. The molecule has 0 heterocycles. The van der Waals surface area contributed by atoms with Crippen LogP contribution in [0.25, 0.3) is 0 Å². The lowest BCUT2D eigenvalue weighted by molar-refractivity contribution is -0.385. The van der Waals surface area contributed by atoms with E-state index in [2.05, 4.69) is 5.32 Å². The second-order valence-electron chi connectivity index (χ2n) is 4.21. The Balaban J connectivity index is 2.12. The number of ether oxygens (including phenoxy) is 1.